The molecule has 1 fully saturated rings. The Hall–Kier alpha value is -0.900. The molecule has 0 saturated carbocycles. The van der Waals surface area contributed by atoms with Crippen LogP contribution in [0.3, 0.4) is 0 Å². The number of ether oxygens (including phenoxy) is 1. The zero-order chi connectivity index (χ0) is 13.7. The lowest BCUT2D eigenvalue weighted by atomic mass is 9.80. The lowest BCUT2D eigenvalue weighted by Crippen LogP contribution is -2.52. The maximum atomic E-state index is 9.97. The van der Waals surface area contributed by atoms with Crippen molar-refractivity contribution in [3.8, 4) is 0 Å². The van der Waals surface area contributed by atoms with E-state index in [2.05, 4.69) is 31.3 Å². The minimum atomic E-state index is -0.382. The first-order chi connectivity index (χ1) is 9.19. The third-order valence-electron chi connectivity index (χ3n) is 4.19. The Labute approximate surface area is 116 Å². The fourth-order valence-corrected chi connectivity index (χ4v) is 2.81. The highest BCUT2D eigenvalue weighted by Crippen LogP contribution is 2.29. The van der Waals surface area contributed by atoms with Crippen molar-refractivity contribution in [3.05, 3.63) is 35.9 Å². The Kier molecular flexibility index (Phi) is 4.97. The van der Waals surface area contributed by atoms with E-state index in [-0.39, 0.29) is 18.2 Å². The number of benzene rings is 1. The summed E-state index contributed by atoms with van der Waals surface area (Å²) < 4.78 is 5.66. The van der Waals surface area contributed by atoms with Crippen molar-refractivity contribution in [3.63, 3.8) is 0 Å². The molecule has 2 unspecified atom stereocenters. The molecule has 1 aromatic carbocycles. The van der Waals surface area contributed by atoms with Gasteiger partial charge in [-0.1, -0.05) is 44.2 Å². The number of hydrogen-bond donors (Lipinski definition) is 2. The molecular weight excluding hydrogens is 238 g/mol. The molecule has 0 radical (unpaired) electrons. The zero-order valence-electron chi connectivity index (χ0n) is 11.9. The van der Waals surface area contributed by atoms with Gasteiger partial charge >= 0.3 is 0 Å². The van der Waals surface area contributed by atoms with Gasteiger partial charge in [0.25, 0.3) is 0 Å². The van der Waals surface area contributed by atoms with E-state index in [0.29, 0.717) is 5.92 Å². The molecule has 0 amide bonds. The van der Waals surface area contributed by atoms with E-state index in [4.69, 9.17) is 4.74 Å². The lowest BCUT2D eigenvalue weighted by molar-refractivity contribution is 0.0708. The van der Waals surface area contributed by atoms with Crippen molar-refractivity contribution >= 4 is 0 Å². The molecule has 0 aliphatic carbocycles. The molecule has 1 aliphatic rings. The van der Waals surface area contributed by atoms with Gasteiger partial charge in [0.15, 0.2) is 0 Å². The molecule has 0 aromatic heterocycles. The van der Waals surface area contributed by atoms with E-state index in [9.17, 15) is 5.11 Å². The van der Waals surface area contributed by atoms with Crippen molar-refractivity contribution in [1.29, 1.82) is 0 Å². The summed E-state index contributed by atoms with van der Waals surface area (Å²) in [5.41, 5.74) is 0.762. The Bertz CT molecular complexity index is 374. The average Bonchev–Trinajstić information content (AvgIpc) is 2.94. The summed E-state index contributed by atoms with van der Waals surface area (Å²) in [5, 5.41) is 13.5. The number of aliphatic hydroxyl groups excluding tert-OH is 1. The van der Waals surface area contributed by atoms with Gasteiger partial charge < -0.3 is 15.2 Å². The SMILES string of the molecule is CC(C)C(CO)(NCC1CCCO1)c1ccccc1. The van der Waals surface area contributed by atoms with Crippen LogP contribution in [0.5, 0.6) is 0 Å². The van der Waals surface area contributed by atoms with Crippen molar-refractivity contribution in [2.24, 2.45) is 5.92 Å². The molecule has 2 atom stereocenters. The van der Waals surface area contributed by atoms with Crippen LogP contribution in [-0.2, 0) is 10.3 Å². The fraction of sp³-hybridized carbons (Fsp3) is 0.625. The van der Waals surface area contributed by atoms with E-state index in [1.165, 1.54) is 0 Å². The molecule has 3 nitrogen and oxygen atoms in total. The standard InChI is InChI=1S/C16H25NO2/c1-13(2)16(12-18,14-7-4-3-5-8-14)17-11-15-9-6-10-19-15/h3-5,7-8,13,15,17-18H,6,9-12H2,1-2H3. The second-order valence-electron chi connectivity index (χ2n) is 5.67. The van der Waals surface area contributed by atoms with E-state index in [0.717, 1.165) is 31.6 Å². The van der Waals surface area contributed by atoms with Gasteiger partial charge in [0.2, 0.25) is 0 Å². The Morgan fingerprint density at radius 2 is 2.11 bits per heavy atom. The zero-order valence-corrected chi connectivity index (χ0v) is 11.9. The molecule has 1 aliphatic heterocycles. The van der Waals surface area contributed by atoms with Crippen molar-refractivity contribution in [1.82, 2.24) is 5.32 Å². The summed E-state index contributed by atoms with van der Waals surface area (Å²) >= 11 is 0. The van der Waals surface area contributed by atoms with Crippen LogP contribution in [0, 0.1) is 5.92 Å². The Balaban J connectivity index is 2.14. The van der Waals surface area contributed by atoms with Crippen LogP contribution in [0.15, 0.2) is 30.3 Å². The molecule has 1 saturated heterocycles. The highest BCUT2D eigenvalue weighted by atomic mass is 16.5. The lowest BCUT2D eigenvalue weighted by Gasteiger charge is -2.38. The van der Waals surface area contributed by atoms with Crippen molar-refractivity contribution in [2.45, 2.75) is 38.3 Å². The minimum absolute atomic E-state index is 0.0986. The Morgan fingerprint density at radius 1 is 1.37 bits per heavy atom. The molecule has 1 heterocycles. The van der Waals surface area contributed by atoms with Crippen molar-refractivity contribution in [2.75, 3.05) is 19.8 Å². The summed E-state index contributed by atoms with van der Waals surface area (Å²) in [6.45, 7) is 6.05. The molecule has 106 valence electrons. The van der Waals surface area contributed by atoms with Crippen LogP contribution in [-0.4, -0.2) is 31.0 Å². The molecule has 2 rings (SSSR count). The largest absolute Gasteiger partial charge is 0.394 e. The molecule has 2 N–H and O–H groups in total. The van der Waals surface area contributed by atoms with Gasteiger partial charge in [-0.2, -0.15) is 0 Å². The topological polar surface area (TPSA) is 41.5 Å². The molecule has 19 heavy (non-hydrogen) atoms. The van der Waals surface area contributed by atoms with Crippen LogP contribution in [0.4, 0.5) is 0 Å². The molecule has 0 spiro atoms. The quantitative estimate of drug-likeness (QED) is 0.827. The van der Waals surface area contributed by atoms with E-state index in [1.54, 1.807) is 0 Å². The van der Waals surface area contributed by atoms with Crippen LogP contribution >= 0.6 is 0 Å². The third-order valence-corrected chi connectivity index (χ3v) is 4.19. The average molecular weight is 263 g/mol. The number of hydrogen-bond acceptors (Lipinski definition) is 3. The highest BCUT2D eigenvalue weighted by Gasteiger charge is 2.35. The van der Waals surface area contributed by atoms with Crippen LogP contribution < -0.4 is 5.32 Å². The minimum Gasteiger partial charge on any atom is -0.394 e. The van der Waals surface area contributed by atoms with Gasteiger partial charge in [-0.05, 0) is 24.3 Å². The maximum Gasteiger partial charge on any atom is 0.0700 e. The second-order valence-corrected chi connectivity index (χ2v) is 5.67. The van der Waals surface area contributed by atoms with Crippen LogP contribution in [0.25, 0.3) is 0 Å². The Morgan fingerprint density at radius 3 is 2.63 bits per heavy atom. The fourth-order valence-electron chi connectivity index (χ4n) is 2.81. The smallest absolute Gasteiger partial charge is 0.0700 e. The first kappa shape index (κ1) is 14.5. The van der Waals surface area contributed by atoms with Crippen LogP contribution in [0.2, 0.25) is 0 Å². The first-order valence-corrected chi connectivity index (χ1v) is 7.22. The van der Waals surface area contributed by atoms with Gasteiger partial charge in [0, 0.05) is 13.2 Å². The summed E-state index contributed by atoms with van der Waals surface area (Å²) in [5.74, 6) is 0.307. The maximum absolute atomic E-state index is 9.97. The van der Waals surface area contributed by atoms with Gasteiger partial charge in [-0.15, -0.1) is 0 Å². The summed E-state index contributed by atoms with van der Waals surface area (Å²) in [4.78, 5) is 0. The van der Waals surface area contributed by atoms with Gasteiger partial charge in [-0.3, -0.25) is 0 Å². The molecule has 1 aromatic rings. The van der Waals surface area contributed by atoms with Gasteiger partial charge in [0.1, 0.15) is 0 Å². The second kappa shape index (κ2) is 6.51. The summed E-state index contributed by atoms with van der Waals surface area (Å²) in [7, 11) is 0. The summed E-state index contributed by atoms with van der Waals surface area (Å²) in [6.07, 6.45) is 2.54. The van der Waals surface area contributed by atoms with E-state index in [1.807, 2.05) is 18.2 Å². The molecular formula is C16H25NO2. The number of rotatable bonds is 6. The highest BCUT2D eigenvalue weighted by molar-refractivity contribution is 5.25. The summed E-state index contributed by atoms with van der Waals surface area (Å²) in [6, 6.07) is 10.2. The number of nitrogens with one attached hydrogen (secondary N) is 1. The molecule has 3 heteroatoms. The number of aliphatic hydroxyl groups is 1. The normalized spacial score (nSPS) is 22.6. The van der Waals surface area contributed by atoms with E-state index >= 15 is 0 Å². The van der Waals surface area contributed by atoms with Crippen LogP contribution in [0.1, 0.15) is 32.3 Å². The monoisotopic (exact) mass is 263 g/mol. The van der Waals surface area contributed by atoms with Crippen molar-refractivity contribution < 1.29 is 9.84 Å². The molecule has 0 bridgehead atoms. The first-order valence-electron chi connectivity index (χ1n) is 7.22. The predicted octanol–water partition coefficient (Wildman–Crippen LogP) is 2.30. The van der Waals surface area contributed by atoms with Gasteiger partial charge in [-0.25, -0.2) is 0 Å². The predicted molar refractivity (Wildman–Crippen MR) is 77.0 cm³/mol. The van der Waals surface area contributed by atoms with Gasteiger partial charge in [0.05, 0.1) is 18.2 Å². The third kappa shape index (κ3) is 3.16. The van der Waals surface area contributed by atoms with E-state index < -0.39 is 0 Å².